The molecule has 0 aliphatic rings. The van der Waals surface area contributed by atoms with Gasteiger partial charge in [0.1, 0.15) is 5.01 Å². The molecule has 1 unspecified atom stereocenters. The average molecular weight is 299 g/mol. The molecule has 19 heavy (non-hydrogen) atoms. The van der Waals surface area contributed by atoms with Gasteiger partial charge in [-0.05, 0) is 31.5 Å². The number of anilines is 1. The van der Waals surface area contributed by atoms with Crippen molar-refractivity contribution in [1.29, 1.82) is 0 Å². The van der Waals surface area contributed by atoms with Gasteiger partial charge in [0.25, 0.3) is 10.0 Å². The summed E-state index contributed by atoms with van der Waals surface area (Å²) in [6.07, 6.45) is -0.629. The van der Waals surface area contributed by atoms with Crippen LogP contribution in [0.2, 0.25) is 0 Å². The van der Waals surface area contributed by atoms with Gasteiger partial charge in [-0.25, -0.2) is 8.42 Å². The van der Waals surface area contributed by atoms with Crippen LogP contribution in [0.4, 0.5) is 5.13 Å². The van der Waals surface area contributed by atoms with E-state index >= 15 is 0 Å². The van der Waals surface area contributed by atoms with Gasteiger partial charge >= 0.3 is 0 Å². The Kier molecular flexibility index (Phi) is 3.83. The summed E-state index contributed by atoms with van der Waals surface area (Å²) in [6, 6.07) is 6.03. The second-order valence-electron chi connectivity index (χ2n) is 3.98. The summed E-state index contributed by atoms with van der Waals surface area (Å²) in [5.41, 5.74) is 0.658. The molecule has 2 rings (SSSR count). The van der Waals surface area contributed by atoms with Gasteiger partial charge in [-0.3, -0.25) is 4.72 Å². The molecule has 2 aromatic rings. The van der Waals surface area contributed by atoms with Crippen LogP contribution in [0.1, 0.15) is 23.6 Å². The molecule has 8 heteroatoms. The zero-order chi connectivity index (χ0) is 14.0. The van der Waals surface area contributed by atoms with E-state index in [4.69, 9.17) is 0 Å². The maximum atomic E-state index is 12.1. The lowest BCUT2D eigenvalue weighted by atomic mass is 10.1. The van der Waals surface area contributed by atoms with Crippen LogP contribution in [-0.4, -0.2) is 23.7 Å². The molecule has 102 valence electrons. The average Bonchev–Trinajstić information content (AvgIpc) is 2.74. The molecule has 1 heterocycles. The van der Waals surface area contributed by atoms with Crippen molar-refractivity contribution in [2.75, 3.05) is 4.72 Å². The number of aliphatic hydroxyl groups is 1. The third-order valence-electron chi connectivity index (χ3n) is 2.42. The number of nitrogens with one attached hydrogen (secondary N) is 1. The molecule has 0 bridgehead atoms. The molecule has 0 aliphatic heterocycles. The highest BCUT2D eigenvalue weighted by molar-refractivity contribution is 7.93. The lowest BCUT2D eigenvalue weighted by Crippen LogP contribution is -2.12. The van der Waals surface area contributed by atoms with Crippen molar-refractivity contribution >= 4 is 26.5 Å². The maximum absolute atomic E-state index is 12.1. The number of rotatable bonds is 4. The number of nitrogens with zero attached hydrogens (tertiary/aromatic N) is 2. The zero-order valence-electron chi connectivity index (χ0n) is 10.4. The Labute approximate surface area is 115 Å². The van der Waals surface area contributed by atoms with Crippen LogP contribution in [-0.2, 0) is 10.0 Å². The van der Waals surface area contributed by atoms with E-state index in [1.165, 1.54) is 12.1 Å². The summed E-state index contributed by atoms with van der Waals surface area (Å²) in [4.78, 5) is 0.116. The smallest absolute Gasteiger partial charge is 0.263 e. The molecular formula is C11H13N3O3S2. The Morgan fingerprint density at radius 3 is 2.37 bits per heavy atom. The van der Waals surface area contributed by atoms with Crippen LogP contribution in [0, 0.1) is 6.92 Å². The van der Waals surface area contributed by atoms with Gasteiger partial charge < -0.3 is 5.11 Å². The molecule has 2 N–H and O–H groups in total. The van der Waals surface area contributed by atoms with Gasteiger partial charge in [-0.1, -0.05) is 23.5 Å². The first-order valence-electron chi connectivity index (χ1n) is 5.49. The quantitative estimate of drug-likeness (QED) is 0.896. The molecule has 0 radical (unpaired) electrons. The molecule has 0 saturated heterocycles. The van der Waals surface area contributed by atoms with E-state index in [1.807, 2.05) is 0 Å². The van der Waals surface area contributed by atoms with E-state index in [1.54, 1.807) is 26.0 Å². The predicted molar refractivity (Wildman–Crippen MR) is 72.5 cm³/mol. The molecule has 0 spiro atoms. The minimum absolute atomic E-state index is 0.116. The number of benzene rings is 1. The first-order chi connectivity index (χ1) is 8.88. The van der Waals surface area contributed by atoms with Crippen molar-refractivity contribution < 1.29 is 13.5 Å². The van der Waals surface area contributed by atoms with E-state index in [9.17, 15) is 13.5 Å². The van der Waals surface area contributed by atoms with Crippen molar-refractivity contribution in [3.8, 4) is 0 Å². The lowest BCUT2D eigenvalue weighted by Gasteiger charge is -2.07. The molecule has 1 aromatic heterocycles. The van der Waals surface area contributed by atoms with Crippen LogP contribution < -0.4 is 4.72 Å². The lowest BCUT2D eigenvalue weighted by molar-refractivity contribution is 0.199. The minimum Gasteiger partial charge on any atom is -0.389 e. The summed E-state index contributed by atoms with van der Waals surface area (Å²) >= 11 is 1.16. The Hall–Kier alpha value is -1.51. The number of aryl methyl sites for hydroxylation is 1. The fraction of sp³-hybridized carbons (Fsp3) is 0.273. The molecule has 0 aliphatic carbocycles. The largest absolute Gasteiger partial charge is 0.389 e. The highest BCUT2D eigenvalue weighted by Gasteiger charge is 2.16. The van der Waals surface area contributed by atoms with Crippen LogP contribution in [0.5, 0.6) is 0 Å². The van der Waals surface area contributed by atoms with E-state index in [-0.39, 0.29) is 10.0 Å². The number of hydrogen-bond acceptors (Lipinski definition) is 6. The number of aliphatic hydroxyl groups excluding tert-OH is 1. The molecule has 0 amide bonds. The molecule has 6 nitrogen and oxygen atoms in total. The van der Waals surface area contributed by atoms with Gasteiger partial charge in [-0.15, -0.1) is 10.2 Å². The monoisotopic (exact) mass is 299 g/mol. The third-order valence-corrected chi connectivity index (χ3v) is 4.66. The van der Waals surface area contributed by atoms with Crippen LogP contribution in [0.3, 0.4) is 0 Å². The Balaban J connectivity index is 2.24. The molecule has 1 atom stereocenters. The molecule has 0 saturated carbocycles. The summed E-state index contributed by atoms with van der Waals surface area (Å²) < 4.78 is 26.5. The fourth-order valence-electron chi connectivity index (χ4n) is 1.44. The molecule has 0 fully saturated rings. The van der Waals surface area contributed by atoms with Gasteiger partial charge in [0, 0.05) is 0 Å². The maximum Gasteiger partial charge on any atom is 0.263 e. The van der Waals surface area contributed by atoms with Gasteiger partial charge in [0.2, 0.25) is 5.13 Å². The van der Waals surface area contributed by atoms with Crippen molar-refractivity contribution in [2.24, 2.45) is 0 Å². The second kappa shape index (κ2) is 5.24. The number of hydrogen-bond donors (Lipinski definition) is 2. The standard InChI is InChI=1S/C11H13N3O3S2/c1-7(15)9-3-5-10(6-4-9)19(16,17)14-11-13-12-8(2)18-11/h3-7,15H,1-2H3,(H,13,14). The summed E-state index contributed by atoms with van der Waals surface area (Å²) in [7, 11) is -3.67. The molecule has 1 aromatic carbocycles. The third kappa shape index (κ3) is 3.28. The zero-order valence-corrected chi connectivity index (χ0v) is 12.0. The van der Waals surface area contributed by atoms with Crippen LogP contribution >= 0.6 is 11.3 Å². The first-order valence-corrected chi connectivity index (χ1v) is 7.79. The minimum atomic E-state index is -3.67. The van der Waals surface area contributed by atoms with Gasteiger partial charge in [0.05, 0.1) is 11.0 Å². The van der Waals surface area contributed by atoms with E-state index in [0.717, 1.165) is 11.3 Å². The second-order valence-corrected chi connectivity index (χ2v) is 6.84. The van der Waals surface area contributed by atoms with E-state index < -0.39 is 16.1 Å². The fourth-order valence-corrected chi connectivity index (χ4v) is 3.26. The highest BCUT2D eigenvalue weighted by atomic mass is 32.2. The Morgan fingerprint density at radius 1 is 1.26 bits per heavy atom. The Morgan fingerprint density at radius 2 is 1.89 bits per heavy atom. The first kappa shape index (κ1) is 13.9. The van der Waals surface area contributed by atoms with Gasteiger partial charge in [0.15, 0.2) is 0 Å². The number of sulfonamides is 1. The molecular weight excluding hydrogens is 286 g/mol. The van der Waals surface area contributed by atoms with Crippen LogP contribution in [0.25, 0.3) is 0 Å². The van der Waals surface area contributed by atoms with Crippen molar-refractivity contribution in [3.05, 3.63) is 34.8 Å². The van der Waals surface area contributed by atoms with Crippen molar-refractivity contribution in [2.45, 2.75) is 24.8 Å². The van der Waals surface area contributed by atoms with Crippen molar-refractivity contribution in [3.63, 3.8) is 0 Å². The summed E-state index contributed by atoms with van der Waals surface area (Å²) in [5.74, 6) is 0. The predicted octanol–water partition coefficient (Wildman–Crippen LogP) is 1.70. The SMILES string of the molecule is Cc1nnc(NS(=O)(=O)c2ccc(C(C)O)cc2)s1. The summed E-state index contributed by atoms with van der Waals surface area (Å²) in [5, 5.41) is 17.7. The van der Waals surface area contributed by atoms with Crippen LogP contribution in [0.15, 0.2) is 29.2 Å². The summed E-state index contributed by atoms with van der Waals surface area (Å²) in [6.45, 7) is 3.36. The van der Waals surface area contributed by atoms with E-state index in [0.29, 0.717) is 10.6 Å². The van der Waals surface area contributed by atoms with Gasteiger partial charge in [-0.2, -0.15) is 0 Å². The Bertz CT molecular complexity index is 663. The van der Waals surface area contributed by atoms with E-state index in [2.05, 4.69) is 14.9 Å². The van der Waals surface area contributed by atoms with Crippen molar-refractivity contribution in [1.82, 2.24) is 10.2 Å². The topological polar surface area (TPSA) is 92.2 Å². The normalized spacial score (nSPS) is 13.2. The number of aromatic nitrogens is 2. The highest BCUT2D eigenvalue weighted by Crippen LogP contribution is 2.20.